The van der Waals surface area contributed by atoms with E-state index in [2.05, 4.69) is 4.90 Å². The summed E-state index contributed by atoms with van der Waals surface area (Å²) >= 11 is 0. The monoisotopic (exact) mass is 276 g/mol. The molecule has 1 aliphatic heterocycles. The summed E-state index contributed by atoms with van der Waals surface area (Å²) < 4.78 is 0. The number of benzene rings is 1. The average Bonchev–Trinajstić information content (AvgIpc) is 2.84. The van der Waals surface area contributed by atoms with Gasteiger partial charge in [0.1, 0.15) is 0 Å². The van der Waals surface area contributed by atoms with Crippen LogP contribution >= 0.6 is 0 Å². The number of primary amides is 1. The molecule has 0 aliphatic carbocycles. The van der Waals surface area contributed by atoms with Crippen LogP contribution in [0.5, 0.6) is 0 Å². The van der Waals surface area contributed by atoms with Crippen LogP contribution in [0.1, 0.15) is 35.2 Å². The quantitative estimate of drug-likeness (QED) is 0.824. The Morgan fingerprint density at radius 1 is 1.40 bits per heavy atom. The fourth-order valence-electron chi connectivity index (χ4n) is 2.70. The standard InChI is InChI=1S/C15H20N2O3/c16-15(20)13-3-1-2-12(8-13)10-17-7-6-11(9-17)4-5-14(18)19/h1-3,8,11H,4-7,9-10H2,(H2,16,20)(H,18,19). The fraction of sp³-hybridized carbons (Fsp3) is 0.467. The van der Waals surface area contributed by atoms with Crippen LogP contribution in [0.3, 0.4) is 0 Å². The Kier molecular flexibility index (Phi) is 4.74. The van der Waals surface area contributed by atoms with Crippen molar-refractivity contribution in [2.24, 2.45) is 11.7 Å². The molecule has 1 saturated heterocycles. The van der Waals surface area contributed by atoms with Gasteiger partial charge >= 0.3 is 5.97 Å². The number of carbonyl (C=O) groups is 2. The Labute approximate surface area is 118 Å². The number of carbonyl (C=O) groups excluding carboxylic acids is 1. The smallest absolute Gasteiger partial charge is 0.303 e. The van der Waals surface area contributed by atoms with Gasteiger partial charge in [0, 0.05) is 25.1 Å². The van der Waals surface area contributed by atoms with E-state index in [4.69, 9.17) is 10.8 Å². The zero-order valence-electron chi connectivity index (χ0n) is 11.4. The molecule has 1 aromatic carbocycles. The van der Waals surface area contributed by atoms with E-state index in [9.17, 15) is 9.59 Å². The van der Waals surface area contributed by atoms with E-state index in [1.165, 1.54) is 0 Å². The third kappa shape index (κ3) is 4.06. The largest absolute Gasteiger partial charge is 0.481 e. The summed E-state index contributed by atoms with van der Waals surface area (Å²) in [7, 11) is 0. The number of likely N-dealkylation sites (tertiary alicyclic amines) is 1. The highest BCUT2D eigenvalue weighted by atomic mass is 16.4. The molecule has 0 bridgehead atoms. The summed E-state index contributed by atoms with van der Waals surface area (Å²) in [4.78, 5) is 24.0. The molecule has 1 heterocycles. The van der Waals surface area contributed by atoms with Crippen molar-refractivity contribution in [1.82, 2.24) is 4.90 Å². The second kappa shape index (κ2) is 6.52. The number of hydrogen-bond acceptors (Lipinski definition) is 3. The van der Waals surface area contributed by atoms with E-state index in [0.717, 1.165) is 38.0 Å². The number of aliphatic carboxylic acids is 1. The molecule has 108 valence electrons. The molecule has 1 aromatic rings. The molecule has 5 nitrogen and oxygen atoms in total. The highest BCUT2D eigenvalue weighted by Gasteiger charge is 2.22. The fourth-order valence-corrected chi connectivity index (χ4v) is 2.70. The number of carboxylic acids is 1. The SMILES string of the molecule is NC(=O)c1cccc(CN2CCC(CCC(=O)O)C2)c1. The van der Waals surface area contributed by atoms with Crippen molar-refractivity contribution in [2.75, 3.05) is 13.1 Å². The van der Waals surface area contributed by atoms with Gasteiger partial charge in [0.05, 0.1) is 0 Å². The third-order valence-corrected chi connectivity index (χ3v) is 3.75. The molecular formula is C15H20N2O3. The molecule has 0 radical (unpaired) electrons. The van der Waals surface area contributed by atoms with E-state index >= 15 is 0 Å². The molecule has 1 amide bonds. The van der Waals surface area contributed by atoms with E-state index in [0.29, 0.717) is 11.5 Å². The Morgan fingerprint density at radius 3 is 2.90 bits per heavy atom. The van der Waals surface area contributed by atoms with Crippen molar-refractivity contribution in [2.45, 2.75) is 25.8 Å². The van der Waals surface area contributed by atoms with Crippen molar-refractivity contribution >= 4 is 11.9 Å². The summed E-state index contributed by atoms with van der Waals surface area (Å²) in [5.41, 5.74) is 6.87. The van der Waals surface area contributed by atoms with Crippen LogP contribution in [0, 0.1) is 5.92 Å². The summed E-state index contributed by atoms with van der Waals surface area (Å²) in [5, 5.41) is 8.70. The normalized spacial score (nSPS) is 19.1. The van der Waals surface area contributed by atoms with Gasteiger partial charge in [-0.1, -0.05) is 12.1 Å². The van der Waals surface area contributed by atoms with Crippen LogP contribution in [0.4, 0.5) is 0 Å². The van der Waals surface area contributed by atoms with Gasteiger partial charge in [-0.3, -0.25) is 14.5 Å². The second-order valence-corrected chi connectivity index (χ2v) is 5.39. The minimum atomic E-state index is -0.724. The van der Waals surface area contributed by atoms with Crippen LogP contribution < -0.4 is 5.73 Å². The highest BCUT2D eigenvalue weighted by molar-refractivity contribution is 5.92. The molecule has 1 aliphatic rings. The Morgan fingerprint density at radius 2 is 2.20 bits per heavy atom. The maximum absolute atomic E-state index is 11.1. The Balaban J connectivity index is 1.87. The molecule has 3 N–H and O–H groups in total. The zero-order valence-corrected chi connectivity index (χ0v) is 11.4. The first-order valence-electron chi connectivity index (χ1n) is 6.87. The third-order valence-electron chi connectivity index (χ3n) is 3.75. The van der Waals surface area contributed by atoms with Crippen LogP contribution in [-0.4, -0.2) is 35.0 Å². The van der Waals surface area contributed by atoms with E-state index < -0.39 is 11.9 Å². The summed E-state index contributed by atoms with van der Waals surface area (Å²) in [5.74, 6) is -0.671. The molecule has 0 saturated carbocycles. The van der Waals surface area contributed by atoms with Gasteiger partial charge in [0.25, 0.3) is 0 Å². The van der Waals surface area contributed by atoms with Crippen molar-refractivity contribution < 1.29 is 14.7 Å². The summed E-state index contributed by atoms with van der Waals surface area (Å²) in [6.07, 6.45) is 2.03. The predicted octanol–water partition coefficient (Wildman–Crippen LogP) is 1.47. The molecule has 2 rings (SSSR count). The number of nitrogens with two attached hydrogens (primary N) is 1. The van der Waals surface area contributed by atoms with Gasteiger partial charge in [0.2, 0.25) is 5.91 Å². The molecule has 1 atom stereocenters. The van der Waals surface area contributed by atoms with Crippen molar-refractivity contribution in [3.05, 3.63) is 35.4 Å². The summed E-state index contributed by atoms with van der Waals surface area (Å²) in [6.45, 7) is 2.68. The maximum atomic E-state index is 11.1. The maximum Gasteiger partial charge on any atom is 0.303 e. The topological polar surface area (TPSA) is 83.6 Å². The van der Waals surface area contributed by atoms with Crippen molar-refractivity contribution in [1.29, 1.82) is 0 Å². The van der Waals surface area contributed by atoms with Gasteiger partial charge in [0.15, 0.2) is 0 Å². The van der Waals surface area contributed by atoms with E-state index in [1.54, 1.807) is 6.07 Å². The van der Waals surface area contributed by atoms with Crippen LogP contribution in [0.2, 0.25) is 0 Å². The lowest BCUT2D eigenvalue weighted by Gasteiger charge is -2.16. The number of carboxylic acid groups (broad SMARTS) is 1. The first kappa shape index (κ1) is 14.5. The zero-order chi connectivity index (χ0) is 14.5. The number of nitrogens with zero attached hydrogens (tertiary/aromatic N) is 1. The average molecular weight is 276 g/mol. The second-order valence-electron chi connectivity index (χ2n) is 5.39. The number of amides is 1. The lowest BCUT2D eigenvalue weighted by atomic mass is 10.0. The van der Waals surface area contributed by atoms with E-state index in [1.807, 2.05) is 18.2 Å². The summed E-state index contributed by atoms with van der Waals surface area (Å²) in [6, 6.07) is 7.36. The lowest BCUT2D eigenvalue weighted by Crippen LogP contribution is -2.21. The Hall–Kier alpha value is -1.88. The first-order chi connectivity index (χ1) is 9.54. The van der Waals surface area contributed by atoms with E-state index in [-0.39, 0.29) is 6.42 Å². The van der Waals surface area contributed by atoms with Crippen LogP contribution in [0.25, 0.3) is 0 Å². The molecular weight excluding hydrogens is 256 g/mol. The lowest BCUT2D eigenvalue weighted by molar-refractivity contribution is -0.137. The molecule has 20 heavy (non-hydrogen) atoms. The van der Waals surface area contributed by atoms with Crippen molar-refractivity contribution in [3.8, 4) is 0 Å². The van der Waals surface area contributed by atoms with Crippen molar-refractivity contribution in [3.63, 3.8) is 0 Å². The number of rotatable bonds is 6. The molecule has 1 unspecified atom stereocenters. The highest BCUT2D eigenvalue weighted by Crippen LogP contribution is 2.22. The minimum Gasteiger partial charge on any atom is -0.481 e. The minimum absolute atomic E-state index is 0.246. The van der Waals surface area contributed by atoms with Crippen LogP contribution in [0.15, 0.2) is 24.3 Å². The molecule has 5 heteroatoms. The van der Waals surface area contributed by atoms with Gasteiger partial charge in [-0.25, -0.2) is 0 Å². The predicted molar refractivity (Wildman–Crippen MR) is 75.2 cm³/mol. The molecule has 0 spiro atoms. The molecule has 1 fully saturated rings. The number of hydrogen-bond donors (Lipinski definition) is 2. The Bertz CT molecular complexity index is 502. The first-order valence-corrected chi connectivity index (χ1v) is 6.87. The van der Waals surface area contributed by atoms with Gasteiger partial charge < -0.3 is 10.8 Å². The van der Waals surface area contributed by atoms with Gasteiger partial charge in [-0.2, -0.15) is 0 Å². The van der Waals surface area contributed by atoms with Crippen LogP contribution in [-0.2, 0) is 11.3 Å². The molecule has 0 aromatic heterocycles. The van der Waals surface area contributed by atoms with Gasteiger partial charge in [-0.05, 0) is 43.0 Å². The van der Waals surface area contributed by atoms with Gasteiger partial charge in [-0.15, -0.1) is 0 Å².